The second-order valence-corrected chi connectivity index (χ2v) is 6.79. The fraction of sp³-hybridized carbons (Fsp3) is 0.267. The zero-order valence-electron chi connectivity index (χ0n) is 11.1. The van der Waals surface area contributed by atoms with Crippen LogP contribution >= 0.6 is 38.5 Å². The molecule has 0 fully saturated rings. The molecule has 3 nitrogen and oxygen atoms in total. The molecule has 0 saturated carbocycles. The number of alkyl halides is 1. The lowest BCUT2D eigenvalue weighted by atomic mass is 10.0. The van der Waals surface area contributed by atoms with Gasteiger partial charge in [-0.3, -0.25) is 4.79 Å². The number of nitrogens with zero attached hydrogens (tertiary/aromatic N) is 1. The van der Waals surface area contributed by atoms with Gasteiger partial charge in [0.1, 0.15) is 12.4 Å². The molecule has 0 bridgehead atoms. The number of halogens is 2. The number of rotatable bonds is 4. The number of hydrogen-bond donors (Lipinski definition) is 0. The first-order valence-corrected chi connectivity index (χ1v) is 8.24. The number of allylic oxidation sites excluding steroid dienone is 1. The Balaban J connectivity index is 2.29. The van der Waals surface area contributed by atoms with E-state index < -0.39 is 0 Å². The Morgan fingerprint density at radius 1 is 1.60 bits per heavy atom. The van der Waals surface area contributed by atoms with Crippen molar-refractivity contribution < 1.29 is 9.53 Å². The smallest absolute Gasteiger partial charge is 0.240 e. The van der Waals surface area contributed by atoms with Gasteiger partial charge in [-0.1, -0.05) is 41.3 Å². The Labute approximate surface area is 140 Å². The number of hydrogen-bond acceptors (Lipinski definition) is 2. The Hall–Kier alpha value is -0.820. The lowest BCUT2D eigenvalue weighted by molar-refractivity contribution is -0.126. The molecule has 1 atom stereocenters. The van der Waals surface area contributed by atoms with Crippen LogP contribution in [0.3, 0.4) is 0 Å². The van der Waals surface area contributed by atoms with Gasteiger partial charge in [0.05, 0.1) is 3.92 Å². The van der Waals surface area contributed by atoms with Crippen molar-refractivity contribution in [2.75, 3.05) is 13.7 Å². The van der Waals surface area contributed by atoms with Gasteiger partial charge >= 0.3 is 0 Å². The minimum Gasteiger partial charge on any atom is -0.490 e. The zero-order chi connectivity index (χ0) is 14.7. The van der Waals surface area contributed by atoms with Gasteiger partial charge in [-0.25, -0.2) is 0 Å². The summed E-state index contributed by atoms with van der Waals surface area (Å²) in [6.45, 7) is 4.10. The Kier molecular flexibility index (Phi) is 5.26. The van der Waals surface area contributed by atoms with E-state index in [1.165, 1.54) is 0 Å². The van der Waals surface area contributed by atoms with Crippen molar-refractivity contribution in [2.45, 2.75) is 10.3 Å². The van der Waals surface area contributed by atoms with Gasteiger partial charge in [-0.15, -0.1) is 0 Å². The standard InChI is InChI=1S/C15H15BrINO2/c1-3-8-20-10-4-5-11(12(16)9-10)14-7-6-13(17)15(19)18(14)2/h3-5,7,9,13H,1,6,8H2,2H3. The van der Waals surface area contributed by atoms with Crippen molar-refractivity contribution in [3.8, 4) is 5.75 Å². The van der Waals surface area contributed by atoms with Gasteiger partial charge in [0.2, 0.25) is 5.91 Å². The Morgan fingerprint density at radius 2 is 2.35 bits per heavy atom. The first kappa shape index (κ1) is 15.6. The molecule has 0 N–H and O–H groups in total. The third kappa shape index (κ3) is 3.25. The highest BCUT2D eigenvalue weighted by Crippen LogP contribution is 2.33. The summed E-state index contributed by atoms with van der Waals surface area (Å²) >= 11 is 5.73. The molecule has 1 aliphatic heterocycles. The SMILES string of the molecule is C=CCOc1ccc(C2=CCC(I)C(=O)N2C)c(Br)c1. The molecule has 1 unspecified atom stereocenters. The summed E-state index contributed by atoms with van der Waals surface area (Å²) in [5.74, 6) is 0.916. The molecule has 1 amide bonds. The maximum Gasteiger partial charge on any atom is 0.240 e. The third-order valence-electron chi connectivity index (χ3n) is 3.06. The van der Waals surface area contributed by atoms with E-state index in [0.717, 1.165) is 27.9 Å². The van der Waals surface area contributed by atoms with Gasteiger partial charge in [-0.2, -0.15) is 0 Å². The van der Waals surface area contributed by atoms with Crippen LogP contribution in [-0.4, -0.2) is 28.4 Å². The van der Waals surface area contributed by atoms with Gasteiger partial charge in [0.15, 0.2) is 0 Å². The Morgan fingerprint density at radius 3 is 3.00 bits per heavy atom. The van der Waals surface area contributed by atoms with E-state index in [2.05, 4.69) is 51.2 Å². The van der Waals surface area contributed by atoms with Crippen LogP contribution in [0.2, 0.25) is 0 Å². The van der Waals surface area contributed by atoms with E-state index in [9.17, 15) is 4.79 Å². The second kappa shape index (κ2) is 6.76. The predicted octanol–water partition coefficient (Wildman–Crippen LogP) is 4.02. The van der Waals surface area contributed by atoms with Crippen molar-refractivity contribution in [3.63, 3.8) is 0 Å². The molecule has 0 aromatic heterocycles. The monoisotopic (exact) mass is 447 g/mol. The van der Waals surface area contributed by atoms with Crippen LogP contribution in [-0.2, 0) is 4.79 Å². The highest BCUT2D eigenvalue weighted by molar-refractivity contribution is 14.1. The van der Waals surface area contributed by atoms with Gasteiger partial charge < -0.3 is 9.64 Å². The maximum absolute atomic E-state index is 12.1. The van der Waals surface area contributed by atoms with Crippen molar-refractivity contribution in [2.24, 2.45) is 0 Å². The molecule has 5 heteroatoms. The van der Waals surface area contributed by atoms with Crippen LogP contribution in [0, 0.1) is 0 Å². The molecule has 106 valence electrons. The van der Waals surface area contributed by atoms with Crippen LogP contribution in [0.4, 0.5) is 0 Å². The number of carbonyl (C=O) groups excluding carboxylic acids is 1. The molecular formula is C15H15BrINO2. The maximum atomic E-state index is 12.1. The highest BCUT2D eigenvalue weighted by atomic mass is 127. The number of amides is 1. The van der Waals surface area contributed by atoms with Crippen molar-refractivity contribution in [1.29, 1.82) is 0 Å². The van der Waals surface area contributed by atoms with E-state index >= 15 is 0 Å². The summed E-state index contributed by atoms with van der Waals surface area (Å²) in [4.78, 5) is 13.8. The van der Waals surface area contributed by atoms with Crippen LogP contribution in [0.25, 0.3) is 5.70 Å². The summed E-state index contributed by atoms with van der Waals surface area (Å²) < 4.78 is 6.43. The highest BCUT2D eigenvalue weighted by Gasteiger charge is 2.27. The lowest BCUT2D eigenvalue weighted by Crippen LogP contribution is -2.35. The first-order chi connectivity index (χ1) is 9.54. The number of ether oxygens (including phenoxy) is 1. The summed E-state index contributed by atoms with van der Waals surface area (Å²) in [5.41, 5.74) is 1.93. The quantitative estimate of drug-likeness (QED) is 0.396. The molecule has 0 spiro atoms. The fourth-order valence-corrected chi connectivity index (χ4v) is 3.25. The van der Waals surface area contributed by atoms with E-state index in [1.54, 1.807) is 11.0 Å². The van der Waals surface area contributed by atoms with Crippen LogP contribution in [0.1, 0.15) is 12.0 Å². The fourth-order valence-electron chi connectivity index (χ4n) is 2.02. The third-order valence-corrected chi connectivity index (χ3v) is 4.76. The van der Waals surface area contributed by atoms with Crippen LogP contribution in [0.5, 0.6) is 5.75 Å². The van der Waals surface area contributed by atoms with Crippen molar-refractivity contribution in [1.82, 2.24) is 4.90 Å². The molecule has 0 radical (unpaired) electrons. The molecule has 1 heterocycles. The van der Waals surface area contributed by atoms with E-state index in [0.29, 0.717) is 6.61 Å². The molecule has 20 heavy (non-hydrogen) atoms. The van der Waals surface area contributed by atoms with Crippen molar-refractivity contribution in [3.05, 3.63) is 47.0 Å². The normalized spacial score (nSPS) is 18.8. The van der Waals surface area contributed by atoms with E-state index in [4.69, 9.17) is 4.74 Å². The predicted molar refractivity (Wildman–Crippen MR) is 93.0 cm³/mol. The molecule has 0 saturated heterocycles. The van der Waals surface area contributed by atoms with Gasteiger partial charge in [-0.05, 0) is 40.5 Å². The molecule has 2 rings (SSSR count). The number of benzene rings is 1. The molecule has 1 aromatic rings. The van der Waals surface area contributed by atoms with Crippen molar-refractivity contribution >= 4 is 50.1 Å². The van der Waals surface area contributed by atoms with Crippen LogP contribution in [0.15, 0.2) is 41.4 Å². The average molecular weight is 448 g/mol. The van der Waals surface area contributed by atoms with E-state index in [1.807, 2.05) is 25.2 Å². The molecule has 1 aliphatic rings. The minimum absolute atomic E-state index is 0.0234. The molecule has 0 aliphatic carbocycles. The summed E-state index contributed by atoms with van der Waals surface area (Å²) in [7, 11) is 1.81. The summed E-state index contributed by atoms with van der Waals surface area (Å²) in [6.07, 6.45) is 4.57. The molecular weight excluding hydrogens is 433 g/mol. The minimum atomic E-state index is 0.0234. The summed E-state index contributed by atoms with van der Waals surface area (Å²) in [6, 6.07) is 5.78. The average Bonchev–Trinajstić information content (AvgIpc) is 2.44. The first-order valence-electron chi connectivity index (χ1n) is 6.20. The van der Waals surface area contributed by atoms with Gasteiger partial charge in [0, 0.05) is 22.8 Å². The largest absolute Gasteiger partial charge is 0.490 e. The summed E-state index contributed by atoms with van der Waals surface area (Å²) in [5, 5.41) is 0. The zero-order valence-corrected chi connectivity index (χ0v) is 14.8. The Bertz CT molecular complexity index is 571. The van der Waals surface area contributed by atoms with Gasteiger partial charge in [0.25, 0.3) is 0 Å². The van der Waals surface area contributed by atoms with E-state index in [-0.39, 0.29) is 9.83 Å². The second-order valence-electron chi connectivity index (χ2n) is 4.43. The topological polar surface area (TPSA) is 29.5 Å². The van der Waals surface area contributed by atoms with Crippen LogP contribution < -0.4 is 4.74 Å². The molecule has 1 aromatic carbocycles. The number of carbonyl (C=O) groups is 1. The lowest BCUT2D eigenvalue weighted by Gasteiger charge is -2.28.